The quantitative estimate of drug-likeness (QED) is 0.668. The smallest absolute Gasteiger partial charge is 0.161 e. The van der Waals surface area contributed by atoms with Gasteiger partial charge in [0.1, 0.15) is 5.82 Å². The van der Waals surface area contributed by atoms with Crippen LogP contribution in [0.3, 0.4) is 0 Å². The number of para-hydroxylation sites is 1. The maximum absolute atomic E-state index is 5.66. The minimum absolute atomic E-state index is 0.621. The summed E-state index contributed by atoms with van der Waals surface area (Å²) in [5, 5.41) is 3.30. The number of anilines is 3. The number of aromatic amines is 1. The zero-order valence-electron chi connectivity index (χ0n) is 10.2. The average Bonchev–Trinajstić information content (AvgIpc) is 2.86. The second-order valence-corrected chi connectivity index (χ2v) is 4.09. The Morgan fingerprint density at radius 3 is 2.58 bits per heavy atom. The Labute approximate surface area is 110 Å². The first-order valence-corrected chi connectivity index (χ1v) is 5.90. The van der Waals surface area contributed by atoms with E-state index in [1.54, 1.807) is 18.5 Å². The number of benzene rings is 1. The fraction of sp³-hybridized carbons (Fsp3) is 0. The average molecular weight is 251 g/mol. The normalized spacial score (nSPS) is 10.3. The summed E-state index contributed by atoms with van der Waals surface area (Å²) in [6.07, 6.45) is 5.28. The molecule has 0 saturated carbocycles. The Hall–Kier alpha value is -2.82. The Bertz CT molecular complexity index is 675. The van der Waals surface area contributed by atoms with Gasteiger partial charge in [-0.05, 0) is 18.2 Å². The first-order chi connectivity index (χ1) is 9.33. The highest BCUT2D eigenvalue weighted by Gasteiger charge is 2.07. The number of aromatic nitrogens is 3. The summed E-state index contributed by atoms with van der Waals surface area (Å²) >= 11 is 0. The summed E-state index contributed by atoms with van der Waals surface area (Å²) < 4.78 is 0. The Balaban J connectivity index is 1.98. The van der Waals surface area contributed by atoms with Gasteiger partial charge >= 0.3 is 0 Å². The molecule has 0 bridgehead atoms. The van der Waals surface area contributed by atoms with Gasteiger partial charge in [-0.2, -0.15) is 0 Å². The Morgan fingerprint density at radius 2 is 1.84 bits per heavy atom. The van der Waals surface area contributed by atoms with Gasteiger partial charge in [0, 0.05) is 35.9 Å². The van der Waals surface area contributed by atoms with E-state index in [1.165, 1.54) is 0 Å². The summed E-state index contributed by atoms with van der Waals surface area (Å²) in [6, 6.07) is 11.5. The van der Waals surface area contributed by atoms with Crippen molar-refractivity contribution in [3.63, 3.8) is 0 Å². The predicted molar refractivity (Wildman–Crippen MR) is 76.0 cm³/mol. The molecule has 0 unspecified atom stereocenters. The van der Waals surface area contributed by atoms with E-state index in [2.05, 4.69) is 20.3 Å². The molecule has 0 saturated heterocycles. The van der Waals surface area contributed by atoms with E-state index in [0.29, 0.717) is 11.6 Å². The van der Waals surface area contributed by atoms with E-state index in [-0.39, 0.29) is 0 Å². The first kappa shape index (κ1) is 11.3. The third-order valence-electron chi connectivity index (χ3n) is 2.72. The minimum Gasteiger partial charge on any atom is -0.385 e. The van der Waals surface area contributed by atoms with Gasteiger partial charge in [0.2, 0.25) is 0 Å². The lowest BCUT2D eigenvalue weighted by atomic mass is 10.1. The second kappa shape index (κ2) is 4.81. The molecule has 0 radical (unpaired) electrons. The van der Waals surface area contributed by atoms with Crippen LogP contribution in [0.5, 0.6) is 0 Å². The fourth-order valence-electron chi connectivity index (χ4n) is 1.86. The van der Waals surface area contributed by atoms with Gasteiger partial charge in [0.05, 0.1) is 5.69 Å². The van der Waals surface area contributed by atoms with Crippen LogP contribution in [0.15, 0.2) is 55.0 Å². The number of H-pyrrole nitrogens is 1. The number of hydrogen-bond acceptors (Lipinski definition) is 4. The topological polar surface area (TPSA) is 79.6 Å². The summed E-state index contributed by atoms with van der Waals surface area (Å²) in [7, 11) is 0. The number of nitrogens with two attached hydrogens (primary N) is 1. The highest BCUT2D eigenvalue weighted by atomic mass is 14.9. The Kier molecular flexibility index (Phi) is 2.86. The molecule has 0 aliphatic rings. The number of nitrogen functional groups attached to an aromatic ring is 1. The number of nitrogens with one attached hydrogen (secondary N) is 2. The third-order valence-corrected chi connectivity index (χ3v) is 2.72. The Morgan fingerprint density at radius 1 is 1.05 bits per heavy atom. The molecule has 0 atom stereocenters. The molecular formula is C14H13N5. The van der Waals surface area contributed by atoms with Crippen molar-refractivity contribution in [3.8, 4) is 11.4 Å². The van der Waals surface area contributed by atoms with Crippen LogP contribution in [0.1, 0.15) is 0 Å². The van der Waals surface area contributed by atoms with E-state index < -0.39 is 0 Å². The lowest BCUT2D eigenvalue weighted by molar-refractivity contribution is 1.18. The van der Waals surface area contributed by atoms with Gasteiger partial charge < -0.3 is 16.0 Å². The van der Waals surface area contributed by atoms with Crippen molar-refractivity contribution < 1.29 is 0 Å². The molecule has 2 heterocycles. The molecule has 94 valence electrons. The van der Waals surface area contributed by atoms with Gasteiger partial charge in [-0.15, -0.1) is 0 Å². The van der Waals surface area contributed by atoms with Gasteiger partial charge in [-0.25, -0.2) is 9.97 Å². The highest BCUT2D eigenvalue weighted by Crippen LogP contribution is 2.27. The van der Waals surface area contributed by atoms with Crippen LogP contribution in [-0.4, -0.2) is 15.0 Å². The summed E-state index contributed by atoms with van der Waals surface area (Å²) in [4.78, 5) is 11.5. The van der Waals surface area contributed by atoms with Gasteiger partial charge in [-0.1, -0.05) is 12.1 Å². The minimum atomic E-state index is 0.621. The van der Waals surface area contributed by atoms with E-state index >= 15 is 0 Å². The molecular weight excluding hydrogens is 238 g/mol. The lowest BCUT2D eigenvalue weighted by Gasteiger charge is -2.09. The molecule has 3 aromatic rings. The van der Waals surface area contributed by atoms with Crippen molar-refractivity contribution in [2.45, 2.75) is 0 Å². The van der Waals surface area contributed by atoms with Crippen LogP contribution in [-0.2, 0) is 0 Å². The number of nitrogens with zero attached hydrogens (tertiary/aromatic N) is 2. The highest BCUT2D eigenvalue weighted by molar-refractivity contribution is 5.77. The zero-order valence-corrected chi connectivity index (χ0v) is 10.2. The maximum atomic E-state index is 5.66. The van der Waals surface area contributed by atoms with Crippen molar-refractivity contribution in [1.29, 1.82) is 0 Å². The zero-order chi connectivity index (χ0) is 13.1. The molecule has 3 rings (SSSR count). The van der Waals surface area contributed by atoms with Crippen LogP contribution in [0.2, 0.25) is 0 Å². The molecule has 0 fully saturated rings. The maximum Gasteiger partial charge on any atom is 0.161 e. The monoisotopic (exact) mass is 251 g/mol. The van der Waals surface area contributed by atoms with Crippen molar-refractivity contribution in [3.05, 3.63) is 55.0 Å². The van der Waals surface area contributed by atoms with Gasteiger partial charge in [-0.3, -0.25) is 0 Å². The third kappa shape index (κ3) is 2.40. The summed E-state index contributed by atoms with van der Waals surface area (Å²) in [5.74, 6) is 1.31. The van der Waals surface area contributed by atoms with Gasteiger partial charge in [0.25, 0.3) is 0 Å². The van der Waals surface area contributed by atoms with Crippen LogP contribution in [0.4, 0.5) is 17.2 Å². The van der Waals surface area contributed by atoms with Crippen molar-refractivity contribution in [2.24, 2.45) is 0 Å². The van der Waals surface area contributed by atoms with E-state index in [4.69, 9.17) is 5.73 Å². The molecule has 0 aliphatic heterocycles. The van der Waals surface area contributed by atoms with Crippen LogP contribution in [0.25, 0.3) is 11.4 Å². The molecule has 2 aromatic heterocycles. The SMILES string of the molecule is Nc1cc(Nc2ccccc2-c2ncccn2)c[nH]1. The summed E-state index contributed by atoms with van der Waals surface area (Å²) in [6.45, 7) is 0. The van der Waals surface area contributed by atoms with Crippen molar-refractivity contribution >= 4 is 17.2 Å². The van der Waals surface area contributed by atoms with Crippen molar-refractivity contribution in [2.75, 3.05) is 11.1 Å². The van der Waals surface area contributed by atoms with E-state index in [1.807, 2.05) is 36.5 Å². The predicted octanol–water partition coefficient (Wildman–Crippen LogP) is 2.80. The van der Waals surface area contributed by atoms with Crippen LogP contribution < -0.4 is 11.1 Å². The molecule has 19 heavy (non-hydrogen) atoms. The number of rotatable bonds is 3. The van der Waals surface area contributed by atoms with Crippen molar-refractivity contribution in [1.82, 2.24) is 15.0 Å². The molecule has 0 amide bonds. The van der Waals surface area contributed by atoms with Gasteiger partial charge in [0.15, 0.2) is 5.82 Å². The molecule has 0 spiro atoms. The first-order valence-electron chi connectivity index (χ1n) is 5.90. The number of hydrogen-bond donors (Lipinski definition) is 3. The van der Waals surface area contributed by atoms with E-state index in [9.17, 15) is 0 Å². The lowest BCUT2D eigenvalue weighted by Crippen LogP contribution is -1.94. The van der Waals surface area contributed by atoms with Crippen LogP contribution >= 0.6 is 0 Å². The van der Waals surface area contributed by atoms with E-state index in [0.717, 1.165) is 16.9 Å². The molecule has 5 heteroatoms. The molecule has 4 N–H and O–H groups in total. The largest absolute Gasteiger partial charge is 0.385 e. The van der Waals surface area contributed by atoms with Crippen LogP contribution in [0, 0.1) is 0 Å². The molecule has 0 aliphatic carbocycles. The summed E-state index contributed by atoms with van der Waals surface area (Å²) in [5.41, 5.74) is 8.45. The molecule has 1 aromatic carbocycles. The standard InChI is InChI=1S/C14H13N5/c15-13-8-10(9-18-13)19-12-5-2-1-4-11(12)14-16-6-3-7-17-14/h1-9,18-19H,15H2. The molecule has 5 nitrogen and oxygen atoms in total. The fourth-order valence-corrected chi connectivity index (χ4v) is 1.86. The second-order valence-electron chi connectivity index (χ2n) is 4.09.